The van der Waals surface area contributed by atoms with Gasteiger partial charge in [-0.15, -0.1) is 0 Å². The molecule has 0 aromatic carbocycles. The SMILES string of the molecule is CN(CCC(F)(F)F)CC1Cc2nc[nH]c2CN1. The third-order valence-electron chi connectivity index (χ3n) is 3.12. The van der Waals surface area contributed by atoms with Crippen molar-refractivity contribution in [2.24, 2.45) is 0 Å². The first kappa shape index (κ1) is 13.4. The molecule has 1 atom stereocenters. The second-order valence-electron chi connectivity index (χ2n) is 4.74. The Kier molecular flexibility index (Phi) is 3.91. The number of imidazole rings is 1. The third-order valence-corrected chi connectivity index (χ3v) is 3.12. The van der Waals surface area contributed by atoms with Crippen molar-refractivity contribution in [2.75, 3.05) is 20.1 Å². The van der Waals surface area contributed by atoms with Crippen LogP contribution in [0.2, 0.25) is 0 Å². The van der Waals surface area contributed by atoms with Crippen molar-refractivity contribution in [3.63, 3.8) is 0 Å². The van der Waals surface area contributed by atoms with Crippen LogP contribution < -0.4 is 5.32 Å². The molecule has 2 N–H and O–H groups in total. The predicted octanol–water partition coefficient (Wildman–Crippen LogP) is 1.31. The maximum atomic E-state index is 12.1. The summed E-state index contributed by atoms with van der Waals surface area (Å²) in [5.74, 6) is 0. The van der Waals surface area contributed by atoms with E-state index < -0.39 is 12.6 Å². The molecular formula is C11H17F3N4. The highest BCUT2D eigenvalue weighted by atomic mass is 19.4. The van der Waals surface area contributed by atoms with Gasteiger partial charge in [-0.25, -0.2) is 4.98 Å². The van der Waals surface area contributed by atoms with Crippen LogP contribution in [0.4, 0.5) is 13.2 Å². The number of halogens is 3. The molecular weight excluding hydrogens is 245 g/mol. The molecule has 2 rings (SSSR count). The maximum absolute atomic E-state index is 12.1. The highest BCUT2D eigenvalue weighted by molar-refractivity contribution is 5.15. The van der Waals surface area contributed by atoms with E-state index in [1.54, 1.807) is 18.3 Å². The summed E-state index contributed by atoms with van der Waals surface area (Å²) < 4.78 is 36.3. The zero-order valence-corrected chi connectivity index (χ0v) is 10.2. The zero-order chi connectivity index (χ0) is 13.2. The number of nitrogens with zero attached hydrogens (tertiary/aromatic N) is 2. The number of hydrogen-bond acceptors (Lipinski definition) is 3. The molecule has 18 heavy (non-hydrogen) atoms. The van der Waals surface area contributed by atoms with Crippen LogP contribution in [0.5, 0.6) is 0 Å². The summed E-state index contributed by atoms with van der Waals surface area (Å²) in [5.41, 5.74) is 2.09. The van der Waals surface area contributed by atoms with Crippen LogP contribution in [-0.2, 0) is 13.0 Å². The Morgan fingerprint density at radius 2 is 2.28 bits per heavy atom. The van der Waals surface area contributed by atoms with Gasteiger partial charge in [-0.05, 0) is 7.05 Å². The normalized spacial score (nSPS) is 20.2. The van der Waals surface area contributed by atoms with Gasteiger partial charge in [0.1, 0.15) is 0 Å². The summed E-state index contributed by atoms with van der Waals surface area (Å²) in [6.07, 6.45) is -2.43. The molecule has 1 unspecified atom stereocenters. The molecule has 0 fully saturated rings. The van der Waals surface area contributed by atoms with Crippen molar-refractivity contribution in [3.8, 4) is 0 Å². The van der Waals surface area contributed by atoms with Crippen molar-refractivity contribution >= 4 is 0 Å². The van der Waals surface area contributed by atoms with Crippen molar-refractivity contribution in [3.05, 3.63) is 17.7 Å². The zero-order valence-electron chi connectivity index (χ0n) is 10.2. The van der Waals surface area contributed by atoms with E-state index in [1.807, 2.05) is 0 Å². The van der Waals surface area contributed by atoms with Crippen LogP contribution in [0.15, 0.2) is 6.33 Å². The molecule has 1 aliphatic rings. The number of nitrogens with one attached hydrogen (secondary N) is 2. The quantitative estimate of drug-likeness (QED) is 0.860. The first-order valence-corrected chi connectivity index (χ1v) is 5.94. The molecule has 2 heterocycles. The van der Waals surface area contributed by atoms with E-state index in [1.165, 1.54) is 0 Å². The number of likely N-dealkylation sites (N-methyl/N-ethyl adjacent to an activating group) is 1. The lowest BCUT2D eigenvalue weighted by molar-refractivity contribution is -0.137. The highest BCUT2D eigenvalue weighted by Gasteiger charge is 2.28. The summed E-state index contributed by atoms with van der Waals surface area (Å²) in [6.45, 7) is 1.34. The van der Waals surface area contributed by atoms with Crippen LogP contribution in [-0.4, -0.2) is 47.2 Å². The van der Waals surface area contributed by atoms with Gasteiger partial charge in [0, 0.05) is 32.1 Å². The van der Waals surface area contributed by atoms with Crippen molar-refractivity contribution in [1.29, 1.82) is 0 Å². The molecule has 0 aliphatic carbocycles. The topological polar surface area (TPSA) is 44.0 Å². The standard InChI is InChI=1S/C11H17F3N4/c1-18(3-2-11(12,13)14)6-8-4-9-10(5-15-8)17-7-16-9/h7-8,15H,2-6H2,1H3,(H,16,17). The predicted molar refractivity (Wildman–Crippen MR) is 61.1 cm³/mol. The van der Waals surface area contributed by atoms with Crippen LogP contribution in [0.1, 0.15) is 17.8 Å². The Bertz CT molecular complexity index is 388. The van der Waals surface area contributed by atoms with Gasteiger partial charge in [-0.3, -0.25) is 0 Å². The fraction of sp³-hybridized carbons (Fsp3) is 0.727. The second-order valence-corrected chi connectivity index (χ2v) is 4.74. The number of aromatic amines is 1. The minimum atomic E-state index is -4.08. The Morgan fingerprint density at radius 3 is 3.00 bits per heavy atom. The van der Waals surface area contributed by atoms with Gasteiger partial charge >= 0.3 is 6.18 Å². The lowest BCUT2D eigenvalue weighted by Gasteiger charge is -2.27. The molecule has 1 aromatic heterocycles. The minimum absolute atomic E-state index is 0.0368. The Labute approximate surface area is 104 Å². The Morgan fingerprint density at radius 1 is 1.50 bits per heavy atom. The Balaban J connectivity index is 1.77. The van der Waals surface area contributed by atoms with Crippen LogP contribution in [0, 0.1) is 0 Å². The number of hydrogen-bond donors (Lipinski definition) is 2. The maximum Gasteiger partial charge on any atom is 0.390 e. The summed E-state index contributed by atoms with van der Waals surface area (Å²) in [4.78, 5) is 8.96. The van der Waals surface area contributed by atoms with Crippen LogP contribution in [0.3, 0.4) is 0 Å². The molecule has 1 aliphatic heterocycles. The largest absolute Gasteiger partial charge is 0.390 e. The molecule has 7 heteroatoms. The number of alkyl halides is 3. The summed E-state index contributed by atoms with van der Waals surface area (Å²) in [6, 6.07) is 0.166. The molecule has 0 spiro atoms. The molecule has 1 aromatic rings. The highest BCUT2D eigenvalue weighted by Crippen LogP contribution is 2.20. The van der Waals surface area contributed by atoms with E-state index in [2.05, 4.69) is 15.3 Å². The van der Waals surface area contributed by atoms with Gasteiger partial charge in [-0.1, -0.05) is 0 Å². The third kappa shape index (κ3) is 3.71. The Hall–Kier alpha value is -1.08. The molecule has 0 saturated carbocycles. The van der Waals surface area contributed by atoms with Gasteiger partial charge < -0.3 is 15.2 Å². The van der Waals surface area contributed by atoms with Gasteiger partial charge in [0.2, 0.25) is 0 Å². The van der Waals surface area contributed by atoms with Crippen molar-refractivity contribution in [1.82, 2.24) is 20.2 Å². The van der Waals surface area contributed by atoms with E-state index in [9.17, 15) is 13.2 Å². The molecule has 0 amide bonds. The number of aromatic nitrogens is 2. The van der Waals surface area contributed by atoms with Crippen molar-refractivity contribution < 1.29 is 13.2 Å². The summed E-state index contributed by atoms with van der Waals surface area (Å²) >= 11 is 0. The number of fused-ring (bicyclic) bond motifs is 1. The molecule has 0 radical (unpaired) electrons. The van der Waals surface area contributed by atoms with Crippen LogP contribution in [0.25, 0.3) is 0 Å². The summed E-state index contributed by atoms with van der Waals surface area (Å²) in [5, 5.41) is 3.30. The smallest absolute Gasteiger partial charge is 0.347 e. The van der Waals surface area contributed by atoms with Crippen LogP contribution >= 0.6 is 0 Å². The van der Waals surface area contributed by atoms with E-state index in [4.69, 9.17) is 0 Å². The van der Waals surface area contributed by atoms with E-state index in [0.717, 1.165) is 17.8 Å². The van der Waals surface area contributed by atoms with Crippen molar-refractivity contribution in [2.45, 2.75) is 31.6 Å². The average Bonchev–Trinajstić information content (AvgIpc) is 2.72. The summed E-state index contributed by atoms with van der Waals surface area (Å²) in [7, 11) is 1.72. The van der Waals surface area contributed by atoms with E-state index in [-0.39, 0.29) is 12.6 Å². The average molecular weight is 262 g/mol. The lowest BCUT2D eigenvalue weighted by atomic mass is 10.1. The monoisotopic (exact) mass is 262 g/mol. The fourth-order valence-corrected chi connectivity index (χ4v) is 2.14. The van der Waals surface area contributed by atoms with Gasteiger partial charge in [0.25, 0.3) is 0 Å². The number of rotatable bonds is 4. The van der Waals surface area contributed by atoms with E-state index >= 15 is 0 Å². The van der Waals surface area contributed by atoms with Gasteiger partial charge in [-0.2, -0.15) is 13.2 Å². The molecule has 102 valence electrons. The molecule has 4 nitrogen and oxygen atoms in total. The van der Waals surface area contributed by atoms with Gasteiger partial charge in [0.15, 0.2) is 0 Å². The first-order valence-electron chi connectivity index (χ1n) is 5.94. The molecule has 0 saturated heterocycles. The number of H-pyrrole nitrogens is 1. The van der Waals surface area contributed by atoms with Gasteiger partial charge in [0.05, 0.1) is 24.1 Å². The first-order chi connectivity index (χ1) is 8.44. The lowest BCUT2D eigenvalue weighted by Crippen LogP contribution is -2.44. The minimum Gasteiger partial charge on any atom is -0.347 e. The second kappa shape index (κ2) is 5.27. The fourth-order valence-electron chi connectivity index (χ4n) is 2.14. The van der Waals surface area contributed by atoms with E-state index in [0.29, 0.717) is 13.1 Å². The molecule has 0 bridgehead atoms.